The minimum Gasteiger partial charge on any atom is -0.352 e. The van der Waals surface area contributed by atoms with Gasteiger partial charge in [0.2, 0.25) is 0 Å². The number of carbonyl (C=O) groups excluding carboxylic acids is 1. The molecule has 0 saturated heterocycles. The Kier molecular flexibility index (Phi) is 6.75. The van der Waals surface area contributed by atoms with Gasteiger partial charge in [-0.25, -0.2) is 13.9 Å². The summed E-state index contributed by atoms with van der Waals surface area (Å²) < 4.78 is 2.71. The van der Waals surface area contributed by atoms with Crippen LogP contribution in [0.15, 0.2) is 41.3 Å². The third kappa shape index (κ3) is 4.75. The van der Waals surface area contributed by atoms with Gasteiger partial charge in [0.15, 0.2) is 5.65 Å². The van der Waals surface area contributed by atoms with Crippen molar-refractivity contribution in [2.24, 2.45) is 0 Å². The van der Waals surface area contributed by atoms with Crippen LogP contribution in [-0.2, 0) is 6.54 Å². The average Bonchev–Trinajstić information content (AvgIpc) is 2.99. The molecule has 0 saturated carbocycles. The Morgan fingerprint density at radius 2 is 1.93 bits per heavy atom. The van der Waals surface area contributed by atoms with Crippen molar-refractivity contribution in [3.8, 4) is 0 Å². The monoisotopic (exact) mass is 420 g/mol. The number of carbonyl (C=O) groups is 1. The maximum atomic E-state index is 12.7. The Hall–Kier alpha value is -2.31. The summed E-state index contributed by atoms with van der Waals surface area (Å²) in [5.74, 6) is -0.192. The number of pyridine rings is 1. The highest BCUT2D eigenvalue weighted by molar-refractivity contribution is 6.42. The maximum Gasteiger partial charge on any atom is 0.350 e. The summed E-state index contributed by atoms with van der Waals surface area (Å²) in [5, 5.41) is 8.09. The third-order valence-electron chi connectivity index (χ3n) is 4.47. The molecule has 3 aromatic rings. The highest BCUT2D eigenvalue weighted by Crippen LogP contribution is 2.22. The summed E-state index contributed by atoms with van der Waals surface area (Å²) in [6.07, 6.45) is 5.88. The highest BCUT2D eigenvalue weighted by atomic mass is 35.5. The number of unbranched alkanes of at least 4 members (excludes halogenated alkanes) is 3. The van der Waals surface area contributed by atoms with Gasteiger partial charge in [0.1, 0.15) is 0 Å². The number of benzene rings is 1. The number of amides is 1. The predicted molar refractivity (Wildman–Crippen MR) is 111 cm³/mol. The molecule has 2 heterocycles. The van der Waals surface area contributed by atoms with Crippen molar-refractivity contribution >= 4 is 34.8 Å². The van der Waals surface area contributed by atoms with Crippen LogP contribution in [0.25, 0.3) is 5.65 Å². The number of nitrogens with zero attached hydrogens (tertiary/aromatic N) is 3. The molecule has 0 atom stereocenters. The third-order valence-corrected chi connectivity index (χ3v) is 5.21. The van der Waals surface area contributed by atoms with Crippen molar-refractivity contribution in [2.75, 3.05) is 6.54 Å². The van der Waals surface area contributed by atoms with Crippen LogP contribution in [0.4, 0.5) is 0 Å². The second kappa shape index (κ2) is 9.26. The number of aromatic nitrogens is 3. The minimum atomic E-state index is -0.321. The first kappa shape index (κ1) is 20.4. The Balaban J connectivity index is 1.75. The lowest BCUT2D eigenvalue weighted by molar-refractivity contribution is 0.0952. The highest BCUT2D eigenvalue weighted by Gasteiger charge is 2.12. The van der Waals surface area contributed by atoms with Crippen molar-refractivity contribution in [1.82, 2.24) is 19.5 Å². The molecule has 0 aliphatic carbocycles. The molecule has 0 fully saturated rings. The van der Waals surface area contributed by atoms with Gasteiger partial charge in [0, 0.05) is 12.7 Å². The summed E-state index contributed by atoms with van der Waals surface area (Å²) >= 11 is 12.0. The van der Waals surface area contributed by atoms with Crippen molar-refractivity contribution in [3.05, 3.63) is 68.2 Å². The van der Waals surface area contributed by atoms with Crippen LogP contribution in [0.3, 0.4) is 0 Å². The molecule has 28 heavy (non-hydrogen) atoms. The van der Waals surface area contributed by atoms with Gasteiger partial charge in [-0.1, -0.05) is 55.5 Å². The van der Waals surface area contributed by atoms with E-state index in [4.69, 9.17) is 23.2 Å². The van der Waals surface area contributed by atoms with E-state index in [-0.39, 0.29) is 18.1 Å². The molecule has 0 radical (unpaired) electrons. The van der Waals surface area contributed by atoms with Crippen LogP contribution in [-0.4, -0.2) is 26.6 Å². The van der Waals surface area contributed by atoms with E-state index in [9.17, 15) is 9.59 Å². The topological polar surface area (TPSA) is 68.4 Å². The summed E-state index contributed by atoms with van der Waals surface area (Å²) in [4.78, 5) is 25.0. The van der Waals surface area contributed by atoms with E-state index in [1.165, 1.54) is 15.3 Å². The normalized spacial score (nSPS) is 11.1. The molecule has 1 aromatic carbocycles. The molecular weight excluding hydrogens is 399 g/mol. The van der Waals surface area contributed by atoms with Gasteiger partial charge >= 0.3 is 5.69 Å². The zero-order chi connectivity index (χ0) is 20.1. The smallest absolute Gasteiger partial charge is 0.350 e. The van der Waals surface area contributed by atoms with E-state index >= 15 is 0 Å². The van der Waals surface area contributed by atoms with Crippen molar-refractivity contribution in [3.63, 3.8) is 0 Å². The molecule has 148 valence electrons. The first-order valence-corrected chi connectivity index (χ1v) is 10.1. The number of rotatable bonds is 8. The Morgan fingerprint density at radius 3 is 2.68 bits per heavy atom. The SMILES string of the molecule is CCCCCCNC(=O)c1ccc2nn(Cc3ccc(Cl)c(Cl)c3)c(=O)n2c1. The summed E-state index contributed by atoms with van der Waals surface area (Å²) in [5.41, 5.74) is 1.40. The number of hydrogen-bond donors (Lipinski definition) is 1. The molecule has 0 aliphatic rings. The van der Waals surface area contributed by atoms with E-state index < -0.39 is 0 Å². The lowest BCUT2D eigenvalue weighted by atomic mass is 10.2. The van der Waals surface area contributed by atoms with Crippen LogP contribution in [0.1, 0.15) is 48.5 Å². The lowest BCUT2D eigenvalue weighted by Crippen LogP contribution is -2.26. The fourth-order valence-corrected chi connectivity index (χ4v) is 3.24. The Labute approximate surface area is 173 Å². The van der Waals surface area contributed by atoms with Gasteiger partial charge in [0.25, 0.3) is 5.91 Å². The van der Waals surface area contributed by atoms with Crippen LogP contribution < -0.4 is 11.0 Å². The molecule has 6 nitrogen and oxygen atoms in total. The Bertz CT molecular complexity index is 1040. The van der Waals surface area contributed by atoms with E-state index in [0.717, 1.165) is 31.2 Å². The van der Waals surface area contributed by atoms with Gasteiger partial charge in [-0.2, -0.15) is 0 Å². The second-order valence-electron chi connectivity index (χ2n) is 6.65. The number of nitrogens with one attached hydrogen (secondary N) is 1. The summed E-state index contributed by atoms with van der Waals surface area (Å²) in [7, 11) is 0. The predicted octanol–water partition coefficient (Wildman–Crippen LogP) is 4.16. The van der Waals surface area contributed by atoms with Crippen LogP contribution in [0, 0.1) is 0 Å². The number of hydrogen-bond acceptors (Lipinski definition) is 3. The average molecular weight is 421 g/mol. The van der Waals surface area contributed by atoms with E-state index in [1.54, 1.807) is 30.3 Å². The first-order chi connectivity index (χ1) is 13.5. The van der Waals surface area contributed by atoms with E-state index in [0.29, 0.717) is 27.8 Å². The van der Waals surface area contributed by atoms with Crippen LogP contribution >= 0.6 is 23.2 Å². The lowest BCUT2D eigenvalue weighted by Gasteiger charge is -2.05. The quantitative estimate of drug-likeness (QED) is 0.556. The molecule has 1 N–H and O–H groups in total. The molecule has 0 bridgehead atoms. The first-order valence-electron chi connectivity index (χ1n) is 9.31. The zero-order valence-corrected chi connectivity index (χ0v) is 17.1. The van der Waals surface area contributed by atoms with Gasteiger partial charge in [-0.15, -0.1) is 5.10 Å². The van der Waals surface area contributed by atoms with Gasteiger partial charge in [0.05, 0.1) is 22.2 Å². The fourth-order valence-electron chi connectivity index (χ4n) is 2.92. The van der Waals surface area contributed by atoms with Crippen LogP contribution in [0.5, 0.6) is 0 Å². The standard InChI is InChI=1S/C20H22Cl2N4O2/c1-2-3-4-5-10-23-19(27)15-7-9-18-24-26(20(28)25(18)13-15)12-14-6-8-16(21)17(22)11-14/h6-9,11,13H,2-5,10,12H2,1H3,(H,23,27). The van der Waals surface area contributed by atoms with Gasteiger partial charge in [-0.05, 0) is 36.2 Å². The summed E-state index contributed by atoms with van der Waals surface area (Å²) in [6.45, 7) is 3.03. The van der Waals surface area contributed by atoms with E-state index in [1.807, 2.05) is 0 Å². The van der Waals surface area contributed by atoms with Crippen molar-refractivity contribution in [1.29, 1.82) is 0 Å². The largest absolute Gasteiger partial charge is 0.352 e. The molecule has 2 aromatic heterocycles. The fraction of sp³-hybridized carbons (Fsp3) is 0.350. The molecule has 3 rings (SSSR count). The van der Waals surface area contributed by atoms with Crippen molar-refractivity contribution in [2.45, 2.75) is 39.2 Å². The van der Waals surface area contributed by atoms with Gasteiger partial charge < -0.3 is 5.32 Å². The number of fused-ring (bicyclic) bond motifs is 1. The molecular formula is C20H22Cl2N4O2. The van der Waals surface area contributed by atoms with E-state index in [2.05, 4.69) is 17.3 Å². The molecule has 1 amide bonds. The molecule has 0 aliphatic heterocycles. The molecule has 8 heteroatoms. The molecule has 0 spiro atoms. The minimum absolute atomic E-state index is 0.192. The van der Waals surface area contributed by atoms with Gasteiger partial charge in [-0.3, -0.25) is 4.79 Å². The zero-order valence-electron chi connectivity index (χ0n) is 15.6. The number of halogens is 2. The van der Waals surface area contributed by atoms with Crippen molar-refractivity contribution < 1.29 is 4.79 Å². The molecule has 0 unspecified atom stereocenters. The second-order valence-corrected chi connectivity index (χ2v) is 7.47. The maximum absolute atomic E-state index is 12.7. The van der Waals surface area contributed by atoms with Crippen LogP contribution in [0.2, 0.25) is 10.0 Å². The summed E-state index contributed by atoms with van der Waals surface area (Å²) in [6, 6.07) is 8.52. The Morgan fingerprint density at radius 1 is 1.11 bits per heavy atom.